The van der Waals surface area contributed by atoms with Crippen molar-refractivity contribution in [3.05, 3.63) is 84.7 Å². The monoisotopic (exact) mass is 391 g/mol. The fourth-order valence-corrected chi connectivity index (χ4v) is 3.53. The summed E-state index contributed by atoms with van der Waals surface area (Å²) >= 11 is 5.70. The summed E-state index contributed by atoms with van der Waals surface area (Å²) in [6.07, 6.45) is 1.81. The average molecular weight is 392 g/mol. The van der Waals surface area contributed by atoms with E-state index in [0.717, 1.165) is 22.9 Å². The van der Waals surface area contributed by atoms with Gasteiger partial charge in [-0.05, 0) is 81.5 Å². The largest absolute Gasteiger partial charge is 0.457 e. The molecule has 1 aromatic heterocycles. The van der Waals surface area contributed by atoms with Crippen LogP contribution in [0.1, 0.15) is 32.5 Å². The number of nitrogens with zero attached hydrogens (tertiary/aromatic N) is 2. The fraction of sp³-hybridized carbons (Fsp3) is 0.217. The lowest BCUT2D eigenvalue weighted by molar-refractivity contribution is 0.280. The minimum atomic E-state index is 0.0712. The molecule has 0 radical (unpaired) electrons. The number of benzene rings is 2. The predicted octanol–water partition coefficient (Wildman–Crippen LogP) is 6.04. The van der Waals surface area contributed by atoms with Crippen LogP contribution in [0.2, 0.25) is 0 Å². The van der Waals surface area contributed by atoms with Crippen molar-refractivity contribution in [1.82, 2.24) is 9.88 Å². The van der Waals surface area contributed by atoms with E-state index < -0.39 is 0 Å². The number of thiocarbonyl (C=S) groups is 1. The van der Waals surface area contributed by atoms with Gasteiger partial charge >= 0.3 is 0 Å². The lowest BCUT2D eigenvalue weighted by Crippen LogP contribution is -2.41. The van der Waals surface area contributed by atoms with Gasteiger partial charge < -0.3 is 15.0 Å². The standard InChI is InChI=1S/C23H25N3OS/c1-17(2)26(18(3)22-11-7-8-16-24-22)23(28)25-19-12-14-21(15-13-19)27-20-9-5-4-6-10-20/h4-18H,1-3H3,(H,25,28)/t18-/m1/s1. The van der Waals surface area contributed by atoms with Gasteiger partial charge in [0, 0.05) is 17.9 Å². The molecule has 2 aromatic carbocycles. The first kappa shape index (κ1) is 19.8. The lowest BCUT2D eigenvalue weighted by Gasteiger charge is -2.35. The van der Waals surface area contributed by atoms with E-state index in [1.165, 1.54) is 0 Å². The average Bonchev–Trinajstić information content (AvgIpc) is 2.71. The Kier molecular flexibility index (Phi) is 6.61. The Morgan fingerprint density at radius 1 is 0.893 bits per heavy atom. The quantitative estimate of drug-likeness (QED) is 0.518. The van der Waals surface area contributed by atoms with Crippen LogP contribution in [0.25, 0.3) is 0 Å². The Morgan fingerprint density at radius 3 is 2.14 bits per heavy atom. The molecule has 1 atom stereocenters. The fourth-order valence-electron chi connectivity index (χ4n) is 3.04. The third-order valence-electron chi connectivity index (χ3n) is 4.41. The summed E-state index contributed by atoms with van der Waals surface area (Å²) in [7, 11) is 0. The normalized spacial score (nSPS) is 11.7. The van der Waals surface area contributed by atoms with Crippen molar-refractivity contribution in [3.8, 4) is 11.5 Å². The zero-order valence-electron chi connectivity index (χ0n) is 16.4. The summed E-state index contributed by atoms with van der Waals surface area (Å²) in [5, 5.41) is 4.01. The van der Waals surface area contributed by atoms with Crippen molar-refractivity contribution < 1.29 is 4.74 Å². The third-order valence-corrected chi connectivity index (χ3v) is 4.72. The molecule has 28 heavy (non-hydrogen) atoms. The third kappa shape index (κ3) is 5.08. The zero-order chi connectivity index (χ0) is 19.9. The van der Waals surface area contributed by atoms with Gasteiger partial charge in [0.1, 0.15) is 11.5 Å². The molecule has 0 fully saturated rings. The predicted molar refractivity (Wildman–Crippen MR) is 119 cm³/mol. The van der Waals surface area contributed by atoms with Crippen LogP contribution in [-0.4, -0.2) is 21.0 Å². The first-order valence-electron chi connectivity index (χ1n) is 9.38. The molecule has 3 aromatic rings. The van der Waals surface area contributed by atoms with Crippen LogP contribution in [-0.2, 0) is 0 Å². The van der Waals surface area contributed by atoms with Gasteiger partial charge in [-0.1, -0.05) is 24.3 Å². The van der Waals surface area contributed by atoms with Gasteiger partial charge in [0.15, 0.2) is 5.11 Å². The number of rotatable bonds is 6. The number of hydrogen-bond donors (Lipinski definition) is 1. The van der Waals surface area contributed by atoms with E-state index in [1.54, 1.807) is 0 Å². The maximum atomic E-state index is 5.84. The van der Waals surface area contributed by atoms with Gasteiger partial charge in [-0.15, -0.1) is 0 Å². The minimum absolute atomic E-state index is 0.0712. The number of aromatic nitrogens is 1. The van der Waals surface area contributed by atoms with Crippen molar-refractivity contribution >= 4 is 23.0 Å². The molecule has 0 aliphatic rings. The van der Waals surface area contributed by atoms with Crippen LogP contribution >= 0.6 is 12.2 Å². The van der Waals surface area contributed by atoms with E-state index in [9.17, 15) is 0 Å². The Hall–Kier alpha value is -2.92. The second-order valence-corrected chi connectivity index (χ2v) is 7.19. The molecule has 0 saturated heterocycles. The molecule has 0 saturated carbocycles. The van der Waals surface area contributed by atoms with E-state index in [0.29, 0.717) is 5.11 Å². The maximum Gasteiger partial charge on any atom is 0.174 e. The second-order valence-electron chi connectivity index (χ2n) is 6.80. The molecule has 0 unspecified atom stereocenters. The van der Waals surface area contributed by atoms with Gasteiger partial charge in [0.25, 0.3) is 0 Å². The first-order valence-corrected chi connectivity index (χ1v) is 9.78. The molecule has 5 heteroatoms. The second kappa shape index (κ2) is 9.33. The highest BCUT2D eigenvalue weighted by molar-refractivity contribution is 7.80. The van der Waals surface area contributed by atoms with Gasteiger partial charge in [0.05, 0.1) is 11.7 Å². The molecule has 1 heterocycles. The zero-order valence-corrected chi connectivity index (χ0v) is 17.2. The molecule has 3 rings (SSSR count). The summed E-state index contributed by atoms with van der Waals surface area (Å²) in [4.78, 5) is 6.64. The number of para-hydroxylation sites is 1. The van der Waals surface area contributed by atoms with Gasteiger partial charge in [-0.2, -0.15) is 0 Å². The highest BCUT2D eigenvalue weighted by Crippen LogP contribution is 2.25. The highest BCUT2D eigenvalue weighted by atomic mass is 32.1. The van der Waals surface area contributed by atoms with E-state index in [1.807, 2.05) is 79.0 Å². The smallest absolute Gasteiger partial charge is 0.174 e. The van der Waals surface area contributed by atoms with E-state index in [-0.39, 0.29) is 12.1 Å². The van der Waals surface area contributed by atoms with Crippen molar-refractivity contribution in [1.29, 1.82) is 0 Å². The molecule has 0 amide bonds. The summed E-state index contributed by atoms with van der Waals surface area (Å²) in [6.45, 7) is 6.38. The van der Waals surface area contributed by atoms with E-state index in [4.69, 9.17) is 17.0 Å². The highest BCUT2D eigenvalue weighted by Gasteiger charge is 2.22. The van der Waals surface area contributed by atoms with Crippen LogP contribution in [0.3, 0.4) is 0 Å². The van der Waals surface area contributed by atoms with E-state index in [2.05, 4.69) is 36.0 Å². The number of pyridine rings is 1. The molecule has 0 spiro atoms. The molecule has 0 aliphatic heterocycles. The Bertz CT molecular complexity index is 883. The van der Waals surface area contributed by atoms with Gasteiger partial charge in [-0.25, -0.2) is 0 Å². The molecule has 1 N–H and O–H groups in total. The molecule has 144 valence electrons. The van der Waals surface area contributed by atoms with Crippen molar-refractivity contribution in [2.24, 2.45) is 0 Å². The van der Waals surface area contributed by atoms with Crippen molar-refractivity contribution in [3.63, 3.8) is 0 Å². The summed E-state index contributed by atoms with van der Waals surface area (Å²) in [6, 6.07) is 23.8. The number of anilines is 1. The minimum Gasteiger partial charge on any atom is -0.457 e. The van der Waals surface area contributed by atoms with Crippen molar-refractivity contribution in [2.45, 2.75) is 32.9 Å². The van der Waals surface area contributed by atoms with Gasteiger partial charge in [0.2, 0.25) is 0 Å². The summed E-state index contributed by atoms with van der Waals surface area (Å²) in [5.41, 5.74) is 1.91. The number of ether oxygens (including phenoxy) is 1. The summed E-state index contributed by atoms with van der Waals surface area (Å²) < 4.78 is 5.84. The summed E-state index contributed by atoms with van der Waals surface area (Å²) in [5.74, 6) is 1.60. The Balaban J connectivity index is 1.68. The topological polar surface area (TPSA) is 37.4 Å². The number of nitrogens with one attached hydrogen (secondary N) is 1. The molecule has 0 aliphatic carbocycles. The number of hydrogen-bond acceptors (Lipinski definition) is 3. The first-order chi connectivity index (χ1) is 13.5. The van der Waals surface area contributed by atoms with Crippen LogP contribution in [0, 0.1) is 0 Å². The Labute approximate surface area is 172 Å². The molecule has 0 bridgehead atoms. The van der Waals surface area contributed by atoms with Crippen LogP contribution in [0.5, 0.6) is 11.5 Å². The SMILES string of the molecule is CC(C)N(C(=S)Nc1ccc(Oc2ccccc2)cc1)[C@H](C)c1ccccn1. The van der Waals surface area contributed by atoms with Crippen molar-refractivity contribution in [2.75, 3.05) is 5.32 Å². The molecular weight excluding hydrogens is 366 g/mol. The van der Waals surface area contributed by atoms with Crippen LogP contribution in [0.15, 0.2) is 79.0 Å². The lowest BCUT2D eigenvalue weighted by atomic mass is 10.1. The van der Waals surface area contributed by atoms with Crippen LogP contribution < -0.4 is 10.1 Å². The maximum absolute atomic E-state index is 5.84. The molecule has 4 nitrogen and oxygen atoms in total. The van der Waals surface area contributed by atoms with Crippen LogP contribution in [0.4, 0.5) is 5.69 Å². The Morgan fingerprint density at radius 2 is 1.54 bits per heavy atom. The van der Waals surface area contributed by atoms with E-state index >= 15 is 0 Å². The molecular formula is C23H25N3OS. The van der Waals surface area contributed by atoms with Gasteiger partial charge in [-0.3, -0.25) is 4.98 Å².